The SMILES string of the molecule is CNC(=O)C1CCCN1Cc1ccccc1CN. The number of benzene rings is 1. The first kappa shape index (κ1) is 13.1. The molecule has 0 radical (unpaired) electrons. The number of carbonyl (C=O) groups is 1. The standard InChI is InChI=1S/C14H21N3O/c1-16-14(18)13-7-4-8-17(13)10-12-6-3-2-5-11(12)9-15/h2-3,5-6,13H,4,7-10,15H2,1H3,(H,16,18). The van der Waals surface area contributed by atoms with Crippen molar-refractivity contribution in [1.82, 2.24) is 10.2 Å². The molecule has 4 heteroatoms. The Morgan fingerprint density at radius 2 is 2.17 bits per heavy atom. The molecule has 1 aromatic carbocycles. The van der Waals surface area contributed by atoms with Crippen molar-refractivity contribution >= 4 is 5.91 Å². The number of likely N-dealkylation sites (N-methyl/N-ethyl adjacent to an activating group) is 1. The van der Waals surface area contributed by atoms with Gasteiger partial charge in [0.15, 0.2) is 0 Å². The van der Waals surface area contributed by atoms with Gasteiger partial charge in [-0.2, -0.15) is 0 Å². The lowest BCUT2D eigenvalue weighted by atomic mass is 10.1. The highest BCUT2D eigenvalue weighted by atomic mass is 16.2. The minimum absolute atomic E-state index is 0.0147. The third-order valence-corrected chi connectivity index (χ3v) is 3.62. The maximum atomic E-state index is 11.8. The average molecular weight is 247 g/mol. The fraction of sp³-hybridized carbons (Fsp3) is 0.500. The highest BCUT2D eigenvalue weighted by Crippen LogP contribution is 2.21. The van der Waals surface area contributed by atoms with Gasteiger partial charge < -0.3 is 11.1 Å². The largest absolute Gasteiger partial charge is 0.358 e. The van der Waals surface area contributed by atoms with Crippen LogP contribution in [-0.4, -0.2) is 30.4 Å². The molecular weight excluding hydrogens is 226 g/mol. The van der Waals surface area contributed by atoms with E-state index in [-0.39, 0.29) is 11.9 Å². The summed E-state index contributed by atoms with van der Waals surface area (Å²) in [6.45, 7) is 2.34. The van der Waals surface area contributed by atoms with Crippen LogP contribution in [0.1, 0.15) is 24.0 Å². The Bertz CT molecular complexity index is 419. The van der Waals surface area contributed by atoms with Crippen molar-refractivity contribution in [2.45, 2.75) is 32.0 Å². The topological polar surface area (TPSA) is 58.4 Å². The molecule has 18 heavy (non-hydrogen) atoms. The molecule has 1 heterocycles. The minimum atomic E-state index is 0.0147. The molecule has 1 saturated heterocycles. The molecule has 0 saturated carbocycles. The zero-order chi connectivity index (χ0) is 13.0. The van der Waals surface area contributed by atoms with Gasteiger partial charge >= 0.3 is 0 Å². The molecule has 0 aliphatic carbocycles. The van der Waals surface area contributed by atoms with Crippen molar-refractivity contribution in [1.29, 1.82) is 0 Å². The van der Waals surface area contributed by atoms with Gasteiger partial charge in [-0.25, -0.2) is 0 Å². The lowest BCUT2D eigenvalue weighted by Gasteiger charge is -2.24. The third kappa shape index (κ3) is 2.71. The van der Waals surface area contributed by atoms with Gasteiger partial charge in [-0.1, -0.05) is 24.3 Å². The summed E-state index contributed by atoms with van der Waals surface area (Å²) >= 11 is 0. The van der Waals surface area contributed by atoms with Gasteiger partial charge in [0.2, 0.25) is 5.91 Å². The van der Waals surface area contributed by atoms with Gasteiger partial charge in [0.1, 0.15) is 0 Å². The van der Waals surface area contributed by atoms with Crippen molar-refractivity contribution in [3.05, 3.63) is 35.4 Å². The van der Waals surface area contributed by atoms with Gasteiger partial charge in [0.25, 0.3) is 0 Å². The Labute approximate surface area is 108 Å². The smallest absolute Gasteiger partial charge is 0.237 e. The fourth-order valence-electron chi connectivity index (χ4n) is 2.61. The molecule has 4 nitrogen and oxygen atoms in total. The lowest BCUT2D eigenvalue weighted by molar-refractivity contribution is -0.125. The first-order valence-corrected chi connectivity index (χ1v) is 6.48. The fourth-order valence-corrected chi connectivity index (χ4v) is 2.61. The molecule has 1 unspecified atom stereocenters. The Hall–Kier alpha value is -1.39. The summed E-state index contributed by atoms with van der Waals surface area (Å²) in [5.74, 6) is 0.123. The number of hydrogen-bond acceptors (Lipinski definition) is 3. The molecule has 0 aromatic heterocycles. The molecule has 0 bridgehead atoms. The second-order valence-electron chi connectivity index (χ2n) is 4.72. The van der Waals surface area contributed by atoms with Crippen LogP contribution in [0.3, 0.4) is 0 Å². The van der Waals surface area contributed by atoms with Crippen molar-refractivity contribution in [2.24, 2.45) is 5.73 Å². The summed E-state index contributed by atoms with van der Waals surface area (Å²) in [6, 6.07) is 8.20. The number of carbonyl (C=O) groups excluding carboxylic acids is 1. The first-order chi connectivity index (χ1) is 8.76. The molecule has 1 amide bonds. The predicted octanol–water partition coefficient (Wildman–Crippen LogP) is 0.856. The van der Waals surface area contributed by atoms with E-state index in [4.69, 9.17) is 5.73 Å². The highest BCUT2D eigenvalue weighted by Gasteiger charge is 2.29. The molecule has 1 atom stereocenters. The van der Waals surface area contributed by atoms with Crippen LogP contribution in [0.4, 0.5) is 0 Å². The molecule has 3 N–H and O–H groups in total. The summed E-state index contributed by atoms with van der Waals surface area (Å²) in [6.07, 6.45) is 2.04. The number of nitrogens with zero attached hydrogens (tertiary/aromatic N) is 1. The summed E-state index contributed by atoms with van der Waals surface area (Å²) in [4.78, 5) is 14.0. The third-order valence-electron chi connectivity index (χ3n) is 3.62. The van der Waals surface area contributed by atoms with E-state index < -0.39 is 0 Å². The van der Waals surface area contributed by atoms with E-state index in [1.165, 1.54) is 11.1 Å². The van der Waals surface area contributed by atoms with Gasteiger partial charge in [-0.3, -0.25) is 9.69 Å². The maximum Gasteiger partial charge on any atom is 0.237 e. The number of hydrogen-bond donors (Lipinski definition) is 2. The van der Waals surface area contributed by atoms with Gasteiger partial charge in [0, 0.05) is 20.1 Å². The number of nitrogens with one attached hydrogen (secondary N) is 1. The van der Waals surface area contributed by atoms with E-state index in [1.54, 1.807) is 7.05 Å². The van der Waals surface area contributed by atoms with Gasteiger partial charge in [-0.05, 0) is 30.5 Å². The van der Waals surface area contributed by atoms with E-state index in [0.29, 0.717) is 6.54 Å². The van der Waals surface area contributed by atoms with Crippen molar-refractivity contribution in [2.75, 3.05) is 13.6 Å². The molecule has 2 rings (SSSR count). The molecule has 1 aliphatic rings. The monoisotopic (exact) mass is 247 g/mol. The lowest BCUT2D eigenvalue weighted by Crippen LogP contribution is -2.41. The second-order valence-corrected chi connectivity index (χ2v) is 4.72. The number of amides is 1. The van der Waals surface area contributed by atoms with Crippen LogP contribution >= 0.6 is 0 Å². The predicted molar refractivity (Wildman–Crippen MR) is 71.8 cm³/mol. The Balaban J connectivity index is 2.10. The molecule has 1 fully saturated rings. The molecule has 98 valence electrons. The van der Waals surface area contributed by atoms with E-state index in [0.717, 1.165) is 25.9 Å². The van der Waals surface area contributed by atoms with Gasteiger partial charge in [0.05, 0.1) is 6.04 Å². The molecule has 1 aromatic rings. The van der Waals surface area contributed by atoms with Crippen LogP contribution in [0.25, 0.3) is 0 Å². The Kier molecular flexibility index (Phi) is 4.33. The zero-order valence-electron chi connectivity index (χ0n) is 10.9. The number of nitrogens with two attached hydrogens (primary N) is 1. The number of rotatable bonds is 4. The minimum Gasteiger partial charge on any atom is -0.358 e. The molecule has 0 spiro atoms. The van der Waals surface area contributed by atoms with Crippen molar-refractivity contribution < 1.29 is 4.79 Å². The maximum absolute atomic E-state index is 11.8. The summed E-state index contributed by atoms with van der Waals surface area (Å²) in [5.41, 5.74) is 8.15. The van der Waals surface area contributed by atoms with E-state index >= 15 is 0 Å². The van der Waals surface area contributed by atoms with E-state index in [1.807, 2.05) is 12.1 Å². The van der Waals surface area contributed by atoms with Gasteiger partial charge in [-0.15, -0.1) is 0 Å². The van der Waals surface area contributed by atoms with Crippen molar-refractivity contribution in [3.8, 4) is 0 Å². The number of likely N-dealkylation sites (tertiary alicyclic amines) is 1. The summed E-state index contributed by atoms with van der Waals surface area (Å²) in [5, 5.41) is 2.75. The van der Waals surface area contributed by atoms with E-state index in [9.17, 15) is 4.79 Å². The summed E-state index contributed by atoms with van der Waals surface area (Å²) < 4.78 is 0. The van der Waals surface area contributed by atoms with Crippen molar-refractivity contribution in [3.63, 3.8) is 0 Å². The van der Waals surface area contributed by atoms with Crippen LogP contribution in [0, 0.1) is 0 Å². The molecule has 1 aliphatic heterocycles. The normalized spacial score (nSPS) is 20.0. The highest BCUT2D eigenvalue weighted by molar-refractivity contribution is 5.81. The van der Waals surface area contributed by atoms with Crippen LogP contribution in [-0.2, 0) is 17.9 Å². The quantitative estimate of drug-likeness (QED) is 0.829. The average Bonchev–Trinajstić information content (AvgIpc) is 2.86. The van der Waals surface area contributed by atoms with Crippen LogP contribution in [0.15, 0.2) is 24.3 Å². The van der Waals surface area contributed by atoms with Crippen LogP contribution in [0.5, 0.6) is 0 Å². The summed E-state index contributed by atoms with van der Waals surface area (Å²) in [7, 11) is 1.70. The zero-order valence-corrected chi connectivity index (χ0v) is 10.9. The Morgan fingerprint density at radius 3 is 2.83 bits per heavy atom. The van der Waals surface area contributed by atoms with E-state index in [2.05, 4.69) is 22.3 Å². The molecular formula is C14H21N3O. The first-order valence-electron chi connectivity index (χ1n) is 6.48. The Morgan fingerprint density at radius 1 is 1.44 bits per heavy atom. The van der Waals surface area contributed by atoms with Crippen LogP contribution in [0.2, 0.25) is 0 Å². The second kappa shape index (κ2) is 5.98. The van der Waals surface area contributed by atoms with Crippen LogP contribution < -0.4 is 11.1 Å².